The lowest BCUT2D eigenvalue weighted by atomic mass is 10.2. The number of urea groups is 1. The Bertz CT molecular complexity index is 941. The van der Waals surface area contributed by atoms with E-state index in [2.05, 4.69) is 10.6 Å². The Morgan fingerprint density at radius 1 is 0.962 bits per heavy atom. The number of amides is 2. The number of halogens is 1. The van der Waals surface area contributed by atoms with Gasteiger partial charge in [0.2, 0.25) is 0 Å². The summed E-state index contributed by atoms with van der Waals surface area (Å²) in [6.07, 6.45) is 0. The molecular weight excluding hydrogens is 372 g/mol. The average Bonchev–Trinajstić information content (AvgIpc) is 3.07. The van der Waals surface area contributed by atoms with E-state index in [1.165, 1.54) is 18.4 Å². The van der Waals surface area contributed by atoms with Crippen LogP contribution in [-0.2, 0) is 4.74 Å². The Labute approximate surface area is 159 Å². The summed E-state index contributed by atoms with van der Waals surface area (Å²) >= 11 is 7.30. The van der Waals surface area contributed by atoms with Gasteiger partial charge in [-0.2, -0.15) is 0 Å². The third-order valence-corrected chi connectivity index (χ3v) is 5.03. The molecule has 0 atom stereocenters. The lowest BCUT2D eigenvalue weighted by molar-refractivity contribution is 0.0607. The highest BCUT2D eigenvalue weighted by molar-refractivity contribution is 7.18. The second-order valence-electron chi connectivity index (χ2n) is 5.27. The van der Waals surface area contributed by atoms with E-state index in [1.807, 2.05) is 30.3 Å². The Kier molecular flexibility index (Phi) is 5.55. The second kappa shape index (κ2) is 8.03. The third-order valence-electron chi connectivity index (χ3n) is 3.53. The third kappa shape index (κ3) is 4.04. The van der Waals surface area contributed by atoms with Gasteiger partial charge in [-0.15, -0.1) is 11.3 Å². The summed E-state index contributed by atoms with van der Waals surface area (Å²) in [6.45, 7) is 0. The van der Waals surface area contributed by atoms with Gasteiger partial charge in [-0.1, -0.05) is 54.1 Å². The predicted molar refractivity (Wildman–Crippen MR) is 105 cm³/mol. The van der Waals surface area contributed by atoms with Crippen LogP contribution in [0.3, 0.4) is 0 Å². The lowest BCUT2D eigenvalue weighted by Crippen LogP contribution is -2.20. The van der Waals surface area contributed by atoms with Crippen molar-refractivity contribution in [3.05, 3.63) is 70.6 Å². The van der Waals surface area contributed by atoms with Gasteiger partial charge in [0.05, 0.1) is 23.5 Å². The number of carbonyl (C=O) groups is 2. The van der Waals surface area contributed by atoms with Crippen LogP contribution in [-0.4, -0.2) is 19.1 Å². The smallest absolute Gasteiger partial charge is 0.350 e. The zero-order valence-corrected chi connectivity index (χ0v) is 15.4. The summed E-state index contributed by atoms with van der Waals surface area (Å²) < 4.78 is 4.82. The number of methoxy groups -OCH3 is 1. The van der Waals surface area contributed by atoms with E-state index in [0.29, 0.717) is 21.3 Å². The van der Waals surface area contributed by atoms with Crippen molar-refractivity contribution in [3.63, 3.8) is 0 Å². The quantitative estimate of drug-likeness (QED) is 0.582. The maximum Gasteiger partial charge on any atom is 0.350 e. The van der Waals surface area contributed by atoms with Gasteiger partial charge in [0.15, 0.2) is 0 Å². The highest BCUT2D eigenvalue weighted by Gasteiger charge is 2.19. The van der Waals surface area contributed by atoms with Crippen LogP contribution in [0.1, 0.15) is 9.67 Å². The average molecular weight is 387 g/mol. The predicted octanol–water partition coefficient (Wildman–Crippen LogP) is 5.50. The normalized spacial score (nSPS) is 10.2. The maximum absolute atomic E-state index is 12.3. The molecular formula is C19H15ClN2O3S. The monoisotopic (exact) mass is 386 g/mol. The number of thiophene rings is 1. The zero-order valence-electron chi connectivity index (χ0n) is 13.8. The fourth-order valence-corrected chi connectivity index (χ4v) is 3.53. The van der Waals surface area contributed by atoms with Crippen molar-refractivity contribution >= 4 is 46.3 Å². The molecule has 0 aliphatic heterocycles. The van der Waals surface area contributed by atoms with Gasteiger partial charge in [-0.25, -0.2) is 9.59 Å². The summed E-state index contributed by atoms with van der Waals surface area (Å²) in [5, 5.41) is 5.78. The lowest BCUT2D eigenvalue weighted by Gasteiger charge is -2.08. The molecule has 0 radical (unpaired) electrons. The van der Waals surface area contributed by atoms with Crippen LogP contribution in [0.5, 0.6) is 0 Å². The number of hydrogen-bond donors (Lipinski definition) is 2. The minimum Gasteiger partial charge on any atom is -0.465 e. The summed E-state index contributed by atoms with van der Waals surface area (Å²) in [6, 6.07) is 17.7. The molecule has 0 saturated heterocycles. The van der Waals surface area contributed by atoms with Gasteiger partial charge in [-0.3, -0.25) is 0 Å². The second-order valence-corrected chi connectivity index (χ2v) is 6.73. The Morgan fingerprint density at radius 3 is 2.31 bits per heavy atom. The molecule has 1 heterocycles. The summed E-state index contributed by atoms with van der Waals surface area (Å²) in [5.74, 6) is -0.509. The van der Waals surface area contributed by atoms with E-state index in [1.54, 1.807) is 30.3 Å². The molecule has 0 bridgehead atoms. The van der Waals surface area contributed by atoms with Crippen LogP contribution in [0, 0.1) is 0 Å². The van der Waals surface area contributed by atoms with E-state index in [-0.39, 0.29) is 0 Å². The van der Waals surface area contributed by atoms with Crippen molar-refractivity contribution in [3.8, 4) is 10.4 Å². The van der Waals surface area contributed by atoms with E-state index in [4.69, 9.17) is 16.3 Å². The number of hydrogen-bond acceptors (Lipinski definition) is 4. The standard InChI is InChI=1S/C19H15ClN2O3S/c1-25-18(23)17-15(11-16(26-17)12-7-3-2-4-8-12)22-19(24)21-14-10-6-5-9-13(14)20/h2-11H,1H3,(H2,21,22,24). The molecule has 1 aromatic heterocycles. The van der Waals surface area contributed by atoms with Crippen molar-refractivity contribution in [2.24, 2.45) is 0 Å². The summed E-state index contributed by atoms with van der Waals surface area (Å²) in [4.78, 5) is 25.5. The van der Waals surface area contributed by atoms with Crippen LogP contribution in [0.4, 0.5) is 16.2 Å². The Hall–Kier alpha value is -2.83. The Morgan fingerprint density at radius 2 is 1.62 bits per heavy atom. The Balaban J connectivity index is 1.86. The molecule has 0 aliphatic carbocycles. The molecule has 7 heteroatoms. The molecule has 0 aliphatic rings. The first-order valence-electron chi connectivity index (χ1n) is 7.68. The topological polar surface area (TPSA) is 67.4 Å². The van der Waals surface area contributed by atoms with E-state index in [9.17, 15) is 9.59 Å². The summed E-state index contributed by atoms with van der Waals surface area (Å²) in [7, 11) is 1.30. The molecule has 2 N–H and O–H groups in total. The van der Waals surface area contributed by atoms with Crippen LogP contribution in [0.25, 0.3) is 10.4 Å². The highest BCUT2D eigenvalue weighted by Crippen LogP contribution is 2.35. The van der Waals surface area contributed by atoms with Gasteiger partial charge in [0.1, 0.15) is 4.88 Å². The molecule has 132 valence electrons. The van der Waals surface area contributed by atoms with Crippen LogP contribution >= 0.6 is 22.9 Å². The van der Waals surface area contributed by atoms with E-state index < -0.39 is 12.0 Å². The number of benzene rings is 2. The maximum atomic E-state index is 12.3. The first-order valence-corrected chi connectivity index (χ1v) is 8.88. The highest BCUT2D eigenvalue weighted by atomic mass is 35.5. The molecule has 26 heavy (non-hydrogen) atoms. The van der Waals surface area contributed by atoms with Gasteiger partial charge < -0.3 is 15.4 Å². The van der Waals surface area contributed by atoms with Gasteiger partial charge in [0.25, 0.3) is 0 Å². The fourth-order valence-electron chi connectivity index (χ4n) is 2.31. The molecule has 5 nitrogen and oxygen atoms in total. The number of ether oxygens (including phenoxy) is 1. The molecule has 0 saturated carbocycles. The molecule has 0 unspecified atom stereocenters. The number of rotatable bonds is 4. The van der Waals surface area contributed by atoms with Crippen molar-refractivity contribution in [2.45, 2.75) is 0 Å². The van der Waals surface area contributed by atoms with Gasteiger partial charge in [0, 0.05) is 4.88 Å². The fraction of sp³-hybridized carbons (Fsp3) is 0.0526. The van der Waals surface area contributed by atoms with Crippen LogP contribution in [0.15, 0.2) is 60.7 Å². The van der Waals surface area contributed by atoms with Crippen LogP contribution in [0.2, 0.25) is 5.02 Å². The van der Waals surface area contributed by atoms with Gasteiger partial charge in [-0.05, 0) is 23.8 Å². The van der Waals surface area contributed by atoms with Crippen LogP contribution < -0.4 is 10.6 Å². The van der Waals surface area contributed by atoms with Gasteiger partial charge >= 0.3 is 12.0 Å². The molecule has 2 aromatic carbocycles. The first kappa shape index (κ1) is 18.0. The van der Waals surface area contributed by atoms with E-state index in [0.717, 1.165) is 10.4 Å². The van der Waals surface area contributed by atoms with Crippen molar-refractivity contribution < 1.29 is 14.3 Å². The minimum atomic E-state index is -0.509. The minimum absolute atomic E-state index is 0.320. The number of esters is 1. The number of nitrogens with one attached hydrogen (secondary N) is 2. The van der Waals surface area contributed by atoms with Crippen molar-refractivity contribution in [1.29, 1.82) is 0 Å². The largest absolute Gasteiger partial charge is 0.465 e. The molecule has 0 fully saturated rings. The molecule has 2 amide bonds. The molecule has 3 rings (SSSR count). The molecule has 0 spiro atoms. The number of carbonyl (C=O) groups excluding carboxylic acids is 2. The summed E-state index contributed by atoms with van der Waals surface area (Å²) in [5.41, 5.74) is 1.80. The van der Waals surface area contributed by atoms with Crippen molar-refractivity contribution in [2.75, 3.05) is 17.7 Å². The molecule has 3 aromatic rings. The first-order chi connectivity index (χ1) is 12.6. The number of para-hydroxylation sites is 1. The van der Waals surface area contributed by atoms with E-state index >= 15 is 0 Å². The zero-order chi connectivity index (χ0) is 18.5. The SMILES string of the molecule is COC(=O)c1sc(-c2ccccc2)cc1NC(=O)Nc1ccccc1Cl. The van der Waals surface area contributed by atoms with Crippen molar-refractivity contribution in [1.82, 2.24) is 0 Å². The number of anilines is 2.